The highest BCUT2D eigenvalue weighted by Gasteiger charge is 2.22. The van der Waals surface area contributed by atoms with Crippen molar-refractivity contribution < 1.29 is 4.39 Å². The molecule has 26 heavy (non-hydrogen) atoms. The first-order valence-electron chi connectivity index (χ1n) is 9.25. The third kappa shape index (κ3) is 3.54. The number of rotatable bonds is 4. The van der Waals surface area contributed by atoms with Gasteiger partial charge in [-0.15, -0.1) is 0 Å². The van der Waals surface area contributed by atoms with Crippen molar-refractivity contribution in [2.24, 2.45) is 0 Å². The van der Waals surface area contributed by atoms with Crippen LogP contribution in [0.1, 0.15) is 60.8 Å². The Labute approximate surface area is 158 Å². The smallest absolute Gasteiger partial charge is 0.230 e. The van der Waals surface area contributed by atoms with Gasteiger partial charge in [0.25, 0.3) is 0 Å². The summed E-state index contributed by atoms with van der Waals surface area (Å²) in [6.07, 6.45) is 9.24. The molecule has 1 aromatic heterocycles. The first-order valence-corrected chi connectivity index (χ1v) is 9.63. The third-order valence-electron chi connectivity index (χ3n) is 5.36. The minimum absolute atomic E-state index is 0.118. The summed E-state index contributed by atoms with van der Waals surface area (Å²) in [5.74, 6) is 0.0551. The number of aromatic nitrogens is 2. The third-order valence-corrected chi connectivity index (χ3v) is 5.71. The van der Waals surface area contributed by atoms with Crippen LogP contribution in [0.4, 0.5) is 4.39 Å². The van der Waals surface area contributed by atoms with Crippen molar-refractivity contribution in [3.8, 4) is 0 Å². The van der Waals surface area contributed by atoms with Gasteiger partial charge >= 0.3 is 0 Å². The van der Waals surface area contributed by atoms with E-state index < -0.39 is 5.95 Å². The lowest BCUT2D eigenvalue weighted by Crippen LogP contribution is -2.12. The van der Waals surface area contributed by atoms with E-state index in [0.29, 0.717) is 5.92 Å². The van der Waals surface area contributed by atoms with Crippen LogP contribution in [0, 0.1) is 5.95 Å². The maximum absolute atomic E-state index is 13.6. The Hall–Kier alpha value is -2.13. The van der Waals surface area contributed by atoms with E-state index in [0.717, 1.165) is 16.1 Å². The number of halogens is 2. The molecular formula is C22H22ClFN2. The van der Waals surface area contributed by atoms with Gasteiger partial charge in [0, 0.05) is 5.02 Å². The lowest BCUT2D eigenvalue weighted by molar-refractivity contribution is 0.443. The summed E-state index contributed by atoms with van der Waals surface area (Å²) in [5, 5.41) is 0.837. The molecule has 2 aromatic carbocycles. The molecule has 0 aliphatic heterocycles. The first kappa shape index (κ1) is 17.3. The molecule has 0 radical (unpaired) electrons. The van der Waals surface area contributed by atoms with Crippen molar-refractivity contribution in [2.45, 2.75) is 44.1 Å². The van der Waals surface area contributed by atoms with Gasteiger partial charge in [0.1, 0.15) is 0 Å². The van der Waals surface area contributed by atoms with Crippen LogP contribution in [-0.2, 0) is 0 Å². The second-order valence-electron chi connectivity index (χ2n) is 7.07. The number of hydrogen-bond acceptors (Lipinski definition) is 1. The fraction of sp³-hybridized carbons (Fsp3) is 0.318. The van der Waals surface area contributed by atoms with Crippen LogP contribution < -0.4 is 0 Å². The van der Waals surface area contributed by atoms with Crippen molar-refractivity contribution >= 4 is 11.6 Å². The van der Waals surface area contributed by atoms with Crippen molar-refractivity contribution in [2.75, 3.05) is 0 Å². The van der Waals surface area contributed by atoms with Gasteiger partial charge < -0.3 is 4.57 Å². The summed E-state index contributed by atoms with van der Waals surface area (Å²) in [6, 6.07) is 16.3. The minimum Gasteiger partial charge on any atom is -0.323 e. The molecule has 1 atom stereocenters. The fourth-order valence-electron chi connectivity index (χ4n) is 4.08. The standard InChI is InChI=1S/C22H22ClFN2/c23-20-12-11-18(13-19(20)16-7-3-1-4-8-16)22(17-9-5-2-6-10-17)26-14-21(24)25-15-26/h2,5-6,9-16,22H,1,3-4,7-8H2. The summed E-state index contributed by atoms with van der Waals surface area (Å²) in [5.41, 5.74) is 3.44. The second kappa shape index (κ2) is 7.63. The fourth-order valence-corrected chi connectivity index (χ4v) is 4.36. The molecule has 0 bridgehead atoms. The van der Waals surface area contributed by atoms with Gasteiger partial charge in [0.15, 0.2) is 0 Å². The van der Waals surface area contributed by atoms with Crippen LogP contribution in [0.5, 0.6) is 0 Å². The number of nitrogens with zero attached hydrogens (tertiary/aromatic N) is 2. The molecule has 1 fully saturated rings. The van der Waals surface area contributed by atoms with Gasteiger partial charge in [0.2, 0.25) is 5.95 Å². The SMILES string of the molecule is Fc1cn(C(c2ccccc2)c2ccc(Cl)c(C3CCCCC3)c2)cn1. The zero-order valence-electron chi connectivity index (χ0n) is 14.6. The predicted octanol–water partition coefficient (Wildman–Crippen LogP) is 6.36. The van der Waals surface area contributed by atoms with Crippen molar-refractivity contribution in [3.63, 3.8) is 0 Å². The number of imidazole rings is 1. The van der Waals surface area contributed by atoms with Gasteiger partial charge in [-0.3, -0.25) is 0 Å². The van der Waals surface area contributed by atoms with E-state index in [4.69, 9.17) is 11.6 Å². The minimum atomic E-state index is -0.465. The number of hydrogen-bond donors (Lipinski definition) is 0. The molecule has 0 saturated heterocycles. The van der Waals surface area contributed by atoms with E-state index in [1.807, 2.05) is 34.9 Å². The average Bonchev–Trinajstić information content (AvgIpc) is 3.11. The summed E-state index contributed by atoms with van der Waals surface area (Å²) in [4.78, 5) is 3.79. The normalized spacial score (nSPS) is 16.5. The largest absolute Gasteiger partial charge is 0.323 e. The van der Waals surface area contributed by atoms with Crippen LogP contribution in [0.2, 0.25) is 5.02 Å². The van der Waals surface area contributed by atoms with Crippen LogP contribution in [-0.4, -0.2) is 9.55 Å². The summed E-state index contributed by atoms with van der Waals surface area (Å²) in [6.45, 7) is 0. The van der Waals surface area contributed by atoms with Gasteiger partial charge in [0.05, 0.1) is 18.6 Å². The van der Waals surface area contributed by atoms with E-state index in [-0.39, 0.29) is 6.04 Å². The van der Waals surface area contributed by atoms with Gasteiger partial charge in [-0.25, -0.2) is 4.98 Å². The summed E-state index contributed by atoms with van der Waals surface area (Å²) in [7, 11) is 0. The lowest BCUT2D eigenvalue weighted by Gasteiger charge is -2.25. The van der Waals surface area contributed by atoms with E-state index >= 15 is 0 Å². The highest BCUT2D eigenvalue weighted by Crippen LogP contribution is 2.38. The van der Waals surface area contributed by atoms with E-state index in [1.165, 1.54) is 43.9 Å². The molecule has 4 heteroatoms. The zero-order chi connectivity index (χ0) is 17.9. The predicted molar refractivity (Wildman–Crippen MR) is 103 cm³/mol. The highest BCUT2D eigenvalue weighted by molar-refractivity contribution is 6.31. The van der Waals surface area contributed by atoms with Gasteiger partial charge in [-0.1, -0.05) is 73.3 Å². The van der Waals surface area contributed by atoms with E-state index in [9.17, 15) is 4.39 Å². The Morgan fingerprint density at radius 1 is 1.00 bits per heavy atom. The molecule has 134 valence electrons. The van der Waals surface area contributed by atoms with E-state index in [1.54, 1.807) is 6.33 Å². The topological polar surface area (TPSA) is 17.8 Å². The second-order valence-corrected chi connectivity index (χ2v) is 7.48. The van der Waals surface area contributed by atoms with Crippen LogP contribution >= 0.6 is 11.6 Å². The van der Waals surface area contributed by atoms with E-state index in [2.05, 4.69) is 23.2 Å². The quantitative estimate of drug-likeness (QED) is 0.523. The Balaban J connectivity index is 1.78. The van der Waals surface area contributed by atoms with Crippen molar-refractivity contribution in [1.82, 2.24) is 9.55 Å². The molecule has 2 nitrogen and oxygen atoms in total. The molecule has 3 aromatic rings. The first-order chi connectivity index (χ1) is 12.7. The Bertz CT molecular complexity index is 869. The monoisotopic (exact) mass is 368 g/mol. The van der Waals surface area contributed by atoms with Crippen molar-refractivity contribution in [1.29, 1.82) is 0 Å². The summed E-state index contributed by atoms with van der Waals surface area (Å²) >= 11 is 6.55. The van der Waals surface area contributed by atoms with Crippen molar-refractivity contribution in [3.05, 3.63) is 88.7 Å². The summed E-state index contributed by atoms with van der Waals surface area (Å²) < 4.78 is 15.4. The Kier molecular flexibility index (Phi) is 5.07. The van der Waals surface area contributed by atoms with Crippen LogP contribution in [0.25, 0.3) is 0 Å². The average molecular weight is 369 g/mol. The molecule has 1 aliphatic carbocycles. The molecule has 1 heterocycles. The molecule has 0 N–H and O–H groups in total. The Morgan fingerprint density at radius 3 is 2.46 bits per heavy atom. The maximum atomic E-state index is 13.6. The molecule has 4 rings (SSSR count). The molecule has 0 amide bonds. The lowest BCUT2D eigenvalue weighted by atomic mass is 9.83. The Morgan fingerprint density at radius 2 is 1.77 bits per heavy atom. The molecule has 0 spiro atoms. The van der Waals surface area contributed by atoms with Gasteiger partial charge in [-0.2, -0.15) is 4.39 Å². The molecule has 1 saturated carbocycles. The highest BCUT2D eigenvalue weighted by atomic mass is 35.5. The van der Waals surface area contributed by atoms with Crippen LogP contribution in [0.15, 0.2) is 61.1 Å². The van der Waals surface area contributed by atoms with Crippen LogP contribution in [0.3, 0.4) is 0 Å². The molecular weight excluding hydrogens is 347 g/mol. The van der Waals surface area contributed by atoms with Gasteiger partial charge in [-0.05, 0) is 41.5 Å². The number of benzene rings is 2. The molecule has 1 unspecified atom stereocenters. The zero-order valence-corrected chi connectivity index (χ0v) is 15.4. The maximum Gasteiger partial charge on any atom is 0.230 e. The molecule has 1 aliphatic rings.